The number of amides is 2. The summed E-state index contributed by atoms with van der Waals surface area (Å²) in [7, 11) is 0. The average molecular weight is 459 g/mol. The van der Waals surface area contributed by atoms with Crippen LogP contribution in [0.15, 0.2) is 36.0 Å². The predicted octanol–water partition coefficient (Wildman–Crippen LogP) is 1.50. The van der Waals surface area contributed by atoms with E-state index in [0.717, 1.165) is 5.69 Å². The van der Waals surface area contributed by atoms with Gasteiger partial charge in [-0.1, -0.05) is 0 Å². The van der Waals surface area contributed by atoms with Crippen LogP contribution in [-0.4, -0.2) is 56.1 Å². The lowest BCUT2D eigenvalue weighted by molar-refractivity contribution is -0.138. The highest BCUT2D eigenvalue weighted by atomic mass is 32.1. The van der Waals surface area contributed by atoms with Crippen molar-refractivity contribution < 1.29 is 28.6 Å². The number of H-pyrrole nitrogens is 1. The summed E-state index contributed by atoms with van der Waals surface area (Å²) in [4.78, 5) is 47.6. The second kappa shape index (κ2) is 8.85. The lowest BCUT2D eigenvalue weighted by atomic mass is 10.1. The quantitative estimate of drug-likeness (QED) is 0.373. The minimum absolute atomic E-state index is 0.0769. The number of benzene rings is 1. The van der Waals surface area contributed by atoms with Gasteiger partial charge in [-0.15, -0.1) is 11.3 Å². The maximum Gasteiger partial charge on any atom is 0.336 e. The summed E-state index contributed by atoms with van der Waals surface area (Å²) in [5, 5.41) is 16.1. The number of imidazole rings is 1. The fourth-order valence-electron chi connectivity index (χ4n) is 3.03. The van der Waals surface area contributed by atoms with Crippen molar-refractivity contribution in [3.8, 4) is 11.3 Å². The van der Waals surface area contributed by atoms with Crippen molar-refractivity contribution in [3.05, 3.63) is 53.2 Å². The van der Waals surface area contributed by atoms with Crippen LogP contribution in [0.2, 0.25) is 0 Å². The monoisotopic (exact) mass is 459 g/mol. The molecule has 1 aliphatic rings. The van der Waals surface area contributed by atoms with Crippen molar-refractivity contribution in [1.82, 2.24) is 20.3 Å². The summed E-state index contributed by atoms with van der Waals surface area (Å²) in [6.07, 6.45) is -0.814. The van der Waals surface area contributed by atoms with Crippen molar-refractivity contribution >= 4 is 34.3 Å². The highest BCUT2D eigenvalue weighted by molar-refractivity contribution is 7.14. The second-order valence-corrected chi connectivity index (χ2v) is 7.95. The summed E-state index contributed by atoms with van der Waals surface area (Å²) in [5.41, 5.74) is 2.55. The van der Waals surface area contributed by atoms with E-state index in [9.17, 15) is 18.8 Å². The van der Waals surface area contributed by atoms with Crippen LogP contribution in [0.4, 0.5) is 9.52 Å². The van der Waals surface area contributed by atoms with Gasteiger partial charge in [0.25, 0.3) is 5.91 Å². The minimum atomic E-state index is -1.24. The van der Waals surface area contributed by atoms with Crippen LogP contribution >= 0.6 is 11.3 Å². The van der Waals surface area contributed by atoms with Crippen LogP contribution in [-0.2, 0) is 25.5 Å². The molecule has 0 radical (unpaired) electrons. The highest BCUT2D eigenvalue weighted by Gasteiger charge is 2.51. The molecule has 1 fully saturated rings. The number of carboxylic acid groups (broad SMARTS) is 1. The number of thiazole rings is 1. The zero-order valence-electron chi connectivity index (χ0n) is 16.7. The first-order chi connectivity index (χ1) is 15.3. The largest absolute Gasteiger partial charge is 0.479 e. The molecule has 0 unspecified atom stereocenters. The smallest absolute Gasteiger partial charge is 0.336 e. The summed E-state index contributed by atoms with van der Waals surface area (Å²) in [5.74, 6) is -2.86. The molecule has 1 aliphatic heterocycles. The number of rotatable bonds is 8. The Hall–Kier alpha value is -3.64. The summed E-state index contributed by atoms with van der Waals surface area (Å²) in [6, 6.07) is 4.74. The fraction of sp³-hybridized carbons (Fsp3) is 0.250. The summed E-state index contributed by atoms with van der Waals surface area (Å²) >= 11 is 1.17. The van der Waals surface area contributed by atoms with Gasteiger partial charge in [-0.05, 0) is 31.2 Å². The number of aromatic amines is 1. The fourth-order valence-corrected chi connectivity index (χ4v) is 3.75. The molecule has 12 heteroatoms. The molecule has 3 atom stereocenters. The van der Waals surface area contributed by atoms with Gasteiger partial charge in [0, 0.05) is 23.1 Å². The van der Waals surface area contributed by atoms with Gasteiger partial charge in [-0.25, -0.2) is 19.2 Å². The zero-order valence-corrected chi connectivity index (χ0v) is 17.5. The normalized spacial score (nSPS) is 18.1. The number of nitrogens with zero attached hydrogens (tertiary/aromatic N) is 2. The number of hydrogen-bond acceptors (Lipinski definition) is 7. The molecule has 3 aromatic rings. The standard InChI is InChI=1S/C20H18FN5O5S/c1-9-12(23-8-22-9)6-13(24-18(28)15-16(31-15)19(29)30)17(27)26-20-25-14(7-32-20)10-2-4-11(21)5-3-10/h2-5,7-8,13,15-16H,6H2,1H3,(H,22,23)(H,24,28)(H,29,30)(H,25,26,27)/t13-,15-,16-/m0/s1. The Morgan fingerprint density at radius 2 is 2.03 bits per heavy atom. The Kier molecular flexibility index (Phi) is 5.97. The number of nitrogens with one attached hydrogen (secondary N) is 3. The molecule has 4 rings (SSSR count). The Labute approximate surface area is 184 Å². The molecule has 0 aliphatic carbocycles. The maximum atomic E-state index is 13.1. The highest BCUT2D eigenvalue weighted by Crippen LogP contribution is 2.26. The number of hydrogen-bond donors (Lipinski definition) is 4. The molecule has 0 saturated carbocycles. The Morgan fingerprint density at radius 1 is 1.28 bits per heavy atom. The number of aromatic nitrogens is 3. The van der Waals surface area contributed by atoms with Crippen LogP contribution in [0.5, 0.6) is 0 Å². The van der Waals surface area contributed by atoms with E-state index < -0.39 is 36.0 Å². The van der Waals surface area contributed by atoms with Crippen LogP contribution in [0.3, 0.4) is 0 Å². The number of ether oxygens (including phenoxy) is 1. The zero-order chi connectivity index (χ0) is 22.8. The molecule has 3 heterocycles. The van der Waals surface area contributed by atoms with Crippen LogP contribution < -0.4 is 10.6 Å². The van der Waals surface area contributed by atoms with Gasteiger partial charge in [0.15, 0.2) is 17.3 Å². The van der Waals surface area contributed by atoms with E-state index in [1.165, 1.54) is 29.8 Å². The van der Waals surface area contributed by atoms with Gasteiger partial charge in [-0.2, -0.15) is 0 Å². The second-order valence-electron chi connectivity index (χ2n) is 7.09. The van der Waals surface area contributed by atoms with Crippen molar-refractivity contribution in [2.45, 2.75) is 31.6 Å². The first-order valence-electron chi connectivity index (χ1n) is 9.51. The van der Waals surface area contributed by atoms with Gasteiger partial charge < -0.3 is 25.5 Å². The first kappa shape index (κ1) is 21.6. The molecule has 2 amide bonds. The Morgan fingerprint density at radius 3 is 2.66 bits per heavy atom. The van der Waals surface area contributed by atoms with E-state index in [0.29, 0.717) is 22.1 Å². The number of halogens is 1. The molecule has 10 nitrogen and oxygen atoms in total. The van der Waals surface area contributed by atoms with Gasteiger partial charge in [0.05, 0.1) is 17.7 Å². The van der Waals surface area contributed by atoms with E-state index >= 15 is 0 Å². The number of carboxylic acids is 1. The molecule has 1 saturated heterocycles. The third-order valence-corrected chi connectivity index (χ3v) is 5.59. The van der Waals surface area contributed by atoms with Crippen LogP contribution in [0, 0.1) is 12.7 Å². The van der Waals surface area contributed by atoms with Crippen LogP contribution in [0.1, 0.15) is 11.4 Å². The number of aryl methyl sites for hydroxylation is 1. The molecule has 32 heavy (non-hydrogen) atoms. The SMILES string of the molecule is Cc1[nH]cnc1C[C@H](NC(=O)[C@H]1O[C@@H]1C(=O)O)C(=O)Nc1nc(-c2ccc(F)cc2)cs1. The summed E-state index contributed by atoms with van der Waals surface area (Å²) < 4.78 is 18.0. The number of carbonyl (C=O) groups is 3. The predicted molar refractivity (Wildman–Crippen MR) is 111 cm³/mol. The average Bonchev–Trinajstić information content (AvgIpc) is 3.29. The number of anilines is 1. The molecule has 2 aromatic heterocycles. The maximum absolute atomic E-state index is 13.1. The van der Waals surface area contributed by atoms with E-state index in [1.54, 1.807) is 24.4 Å². The van der Waals surface area contributed by atoms with E-state index in [2.05, 4.69) is 25.6 Å². The van der Waals surface area contributed by atoms with E-state index in [1.807, 2.05) is 0 Å². The Balaban J connectivity index is 1.47. The van der Waals surface area contributed by atoms with Crippen molar-refractivity contribution in [2.75, 3.05) is 5.32 Å². The van der Waals surface area contributed by atoms with Crippen LogP contribution in [0.25, 0.3) is 11.3 Å². The summed E-state index contributed by atoms with van der Waals surface area (Å²) in [6.45, 7) is 1.78. The lowest BCUT2D eigenvalue weighted by Crippen LogP contribution is -2.47. The minimum Gasteiger partial charge on any atom is -0.479 e. The van der Waals surface area contributed by atoms with E-state index in [4.69, 9.17) is 9.84 Å². The molecule has 1 aromatic carbocycles. The Bertz CT molecular complexity index is 1160. The molecule has 166 valence electrons. The number of epoxide rings is 1. The molecule has 0 bridgehead atoms. The first-order valence-corrected chi connectivity index (χ1v) is 10.4. The molecular weight excluding hydrogens is 441 g/mol. The van der Waals surface area contributed by atoms with Crippen molar-refractivity contribution in [3.63, 3.8) is 0 Å². The third-order valence-electron chi connectivity index (χ3n) is 4.83. The molecular formula is C20H18FN5O5S. The van der Waals surface area contributed by atoms with Crippen molar-refractivity contribution in [2.24, 2.45) is 0 Å². The van der Waals surface area contributed by atoms with Gasteiger partial charge >= 0.3 is 5.97 Å². The number of carbonyl (C=O) groups excluding carboxylic acids is 2. The van der Waals surface area contributed by atoms with Gasteiger partial charge in [-0.3, -0.25) is 9.59 Å². The number of aliphatic carboxylic acids is 1. The lowest BCUT2D eigenvalue weighted by Gasteiger charge is -2.16. The van der Waals surface area contributed by atoms with E-state index in [-0.39, 0.29) is 12.2 Å². The topological polar surface area (TPSA) is 150 Å². The van der Waals surface area contributed by atoms with Gasteiger partial charge in [0.2, 0.25) is 5.91 Å². The third kappa shape index (κ3) is 4.81. The van der Waals surface area contributed by atoms with Gasteiger partial charge in [0.1, 0.15) is 11.9 Å². The van der Waals surface area contributed by atoms with Crippen molar-refractivity contribution in [1.29, 1.82) is 0 Å². The molecule has 4 N–H and O–H groups in total. The molecule has 0 spiro atoms.